The van der Waals surface area contributed by atoms with Gasteiger partial charge in [-0.25, -0.2) is 4.39 Å². The number of carbonyl (C=O) groups is 1. The van der Waals surface area contributed by atoms with E-state index >= 15 is 0 Å². The highest BCUT2D eigenvalue weighted by Gasteiger charge is 2.30. The second-order valence-corrected chi connectivity index (χ2v) is 6.05. The third-order valence-electron chi connectivity index (χ3n) is 3.86. The lowest BCUT2D eigenvalue weighted by molar-refractivity contribution is -0.122. The van der Waals surface area contributed by atoms with E-state index in [1.54, 1.807) is 12.1 Å². The maximum absolute atomic E-state index is 13.0. The van der Waals surface area contributed by atoms with Gasteiger partial charge >= 0.3 is 0 Å². The summed E-state index contributed by atoms with van der Waals surface area (Å²) in [5.41, 5.74) is 6.91. The fourth-order valence-corrected chi connectivity index (χ4v) is 2.44. The minimum absolute atomic E-state index is 0.0209. The van der Waals surface area contributed by atoms with Crippen LogP contribution >= 0.6 is 0 Å². The fourth-order valence-electron chi connectivity index (χ4n) is 2.44. The molecule has 1 amide bonds. The van der Waals surface area contributed by atoms with E-state index in [2.05, 4.69) is 5.32 Å². The largest absolute Gasteiger partial charge is 0.349 e. The van der Waals surface area contributed by atoms with E-state index < -0.39 is 0 Å². The number of nitrogens with one attached hydrogen (secondary N) is 1. The number of amides is 1. The molecule has 2 unspecified atom stereocenters. The summed E-state index contributed by atoms with van der Waals surface area (Å²) in [7, 11) is 0. The summed E-state index contributed by atoms with van der Waals surface area (Å²) >= 11 is 0. The first-order valence-corrected chi connectivity index (χ1v) is 7.27. The molecule has 0 aliphatic heterocycles. The molecule has 0 aromatic heterocycles. The number of rotatable bonds is 6. The Morgan fingerprint density at radius 3 is 2.45 bits per heavy atom. The second kappa shape index (κ2) is 6.35. The number of hydrogen-bond donors (Lipinski definition) is 2. The van der Waals surface area contributed by atoms with E-state index in [1.807, 2.05) is 13.8 Å². The number of hydrogen-bond acceptors (Lipinski definition) is 2. The minimum Gasteiger partial charge on any atom is -0.349 e. The molecule has 0 heterocycles. The molecule has 2 rings (SSSR count). The molecule has 1 aliphatic rings. The molecule has 1 aromatic carbocycles. The Balaban J connectivity index is 1.97. The van der Waals surface area contributed by atoms with Crippen LogP contribution in [0.3, 0.4) is 0 Å². The lowest BCUT2D eigenvalue weighted by Crippen LogP contribution is -2.36. The van der Waals surface area contributed by atoms with Crippen LogP contribution in [0.15, 0.2) is 24.3 Å². The summed E-state index contributed by atoms with van der Waals surface area (Å²) in [5.74, 6) is 0.469. The topological polar surface area (TPSA) is 55.1 Å². The van der Waals surface area contributed by atoms with Crippen LogP contribution < -0.4 is 11.1 Å². The van der Waals surface area contributed by atoms with Gasteiger partial charge in [-0.05, 0) is 42.4 Å². The van der Waals surface area contributed by atoms with Crippen molar-refractivity contribution in [3.8, 4) is 0 Å². The Morgan fingerprint density at radius 1 is 1.35 bits per heavy atom. The van der Waals surface area contributed by atoms with E-state index in [1.165, 1.54) is 12.1 Å². The Bertz CT molecular complexity index is 454. The van der Waals surface area contributed by atoms with Crippen molar-refractivity contribution in [2.24, 2.45) is 17.6 Å². The summed E-state index contributed by atoms with van der Waals surface area (Å²) in [5, 5.41) is 3.02. The quantitative estimate of drug-likeness (QED) is 0.840. The van der Waals surface area contributed by atoms with Gasteiger partial charge in [0.25, 0.3) is 0 Å². The van der Waals surface area contributed by atoms with Crippen LogP contribution in [0.1, 0.15) is 44.7 Å². The van der Waals surface area contributed by atoms with Crippen molar-refractivity contribution in [3.05, 3.63) is 35.6 Å². The summed E-state index contributed by atoms with van der Waals surface area (Å²) in [6, 6.07) is 6.16. The van der Waals surface area contributed by atoms with Crippen molar-refractivity contribution in [3.63, 3.8) is 0 Å². The molecular weight excluding hydrogens is 255 g/mol. The molecule has 1 fully saturated rings. The monoisotopic (exact) mass is 278 g/mol. The fraction of sp³-hybridized carbons (Fsp3) is 0.562. The van der Waals surface area contributed by atoms with Gasteiger partial charge in [-0.3, -0.25) is 4.79 Å². The lowest BCUT2D eigenvalue weighted by Gasteiger charge is -2.24. The first kappa shape index (κ1) is 15.0. The molecule has 0 radical (unpaired) electrons. The van der Waals surface area contributed by atoms with Crippen LogP contribution in [-0.4, -0.2) is 11.9 Å². The number of halogens is 1. The molecule has 0 saturated heterocycles. The lowest BCUT2D eigenvalue weighted by atomic mass is 9.95. The smallest absolute Gasteiger partial charge is 0.222 e. The summed E-state index contributed by atoms with van der Waals surface area (Å²) in [6.45, 7) is 4.07. The van der Waals surface area contributed by atoms with Crippen molar-refractivity contribution in [1.82, 2.24) is 5.32 Å². The van der Waals surface area contributed by atoms with Gasteiger partial charge in [0.2, 0.25) is 5.91 Å². The highest BCUT2D eigenvalue weighted by molar-refractivity contribution is 5.77. The molecule has 3 nitrogen and oxygen atoms in total. The molecule has 0 spiro atoms. The van der Waals surface area contributed by atoms with E-state index in [-0.39, 0.29) is 29.7 Å². The van der Waals surface area contributed by atoms with Gasteiger partial charge in [-0.15, -0.1) is 0 Å². The van der Waals surface area contributed by atoms with Crippen molar-refractivity contribution < 1.29 is 9.18 Å². The Labute approximate surface area is 119 Å². The van der Waals surface area contributed by atoms with Gasteiger partial charge in [0.1, 0.15) is 5.82 Å². The average molecular weight is 278 g/mol. The number of benzene rings is 1. The van der Waals surface area contributed by atoms with Gasteiger partial charge in [0, 0.05) is 12.5 Å². The van der Waals surface area contributed by atoms with Gasteiger partial charge < -0.3 is 11.1 Å². The molecule has 1 saturated carbocycles. The number of carbonyl (C=O) groups excluding carboxylic acids is 1. The van der Waals surface area contributed by atoms with E-state index in [9.17, 15) is 9.18 Å². The highest BCUT2D eigenvalue weighted by atomic mass is 19.1. The summed E-state index contributed by atoms with van der Waals surface area (Å²) in [4.78, 5) is 12.1. The zero-order valence-electron chi connectivity index (χ0n) is 12.1. The standard InChI is InChI=1S/C16H23FN2O/c1-10(2)16(12-5-7-13(17)8-6-12)19-15(20)9-14(18)11-3-4-11/h5-8,10-11,14,16H,3-4,9,18H2,1-2H3,(H,19,20). The molecule has 4 heteroatoms. The van der Waals surface area contributed by atoms with Crippen LogP contribution in [0.5, 0.6) is 0 Å². The first-order chi connectivity index (χ1) is 9.47. The van der Waals surface area contributed by atoms with Crippen molar-refractivity contribution >= 4 is 5.91 Å². The maximum Gasteiger partial charge on any atom is 0.222 e. The van der Waals surface area contributed by atoms with Gasteiger partial charge in [0.15, 0.2) is 0 Å². The molecule has 110 valence electrons. The van der Waals surface area contributed by atoms with Crippen LogP contribution in [0.25, 0.3) is 0 Å². The summed E-state index contributed by atoms with van der Waals surface area (Å²) < 4.78 is 13.0. The van der Waals surface area contributed by atoms with E-state index in [4.69, 9.17) is 5.73 Å². The predicted molar refractivity (Wildman–Crippen MR) is 77.4 cm³/mol. The van der Waals surface area contributed by atoms with Gasteiger partial charge in [0.05, 0.1) is 6.04 Å². The minimum atomic E-state index is -0.265. The van der Waals surface area contributed by atoms with Gasteiger partial charge in [-0.1, -0.05) is 26.0 Å². The van der Waals surface area contributed by atoms with E-state index in [0.29, 0.717) is 12.3 Å². The predicted octanol–water partition coefficient (Wildman–Crippen LogP) is 2.77. The summed E-state index contributed by atoms with van der Waals surface area (Å²) in [6.07, 6.45) is 2.65. The molecule has 2 atom stereocenters. The van der Waals surface area contributed by atoms with Crippen LogP contribution in [0.2, 0.25) is 0 Å². The molecule has 0 bridgehead atoms. The molecule has 20 heavy (non-hydrogen) atoms. The van der Waals surface area contributed by atoms with Crippen LogP contribution in [-0.2, 0) is 4.79 Å². The molecule has 1 aromatic rings. The normalized spacial score (nSPS) is 17.9. The SMILES string of the molecule is CC(C)C(NC(=O)CC(N)C1CC1)c1ccc(F)cc1. The number of nitrogens with two attached hydrogens (primary N) is 1. The molecule has 3 N–H and O–H groups in total. The second-order valence-electron chi connectivity index (χ2n) is 6.05. The maximum atomic E-state index is 13.0. The Morgan fingerprint density at radius 2 is 1.95 bits per heavy atom. The van der Waals surface area contributed by atoms with Crippen molar-refractivity contribution in [2.45, 2.75) is 45.2 Å². The van der Waals surface area contributed by atoms with E-state index in [0.717, 1.165) is 18.4 Å². The average Bonchev–Trinajstić information content (AvgIpc) is 3.21. The highest BCUT2D eigenvalue weighted by Crippen LogP contribution is 2.33. The van der Waals surface area contributed by atoms with Crippen molar-refractivity contribution in [1.29, 1.82) is 0 Å². The zero-order valence-corrected chi connectivity index (χ0v) is 12.1. The van der Waals surface area contributed by atoms with Crippen molar-refractivity contribution in [2.75, 3.05) is 0 Å². The third-order valence-corrected chi connectivity index (χ3v) is 3.86. The zero-order chi connectivity index (χ0) is 14.7. The Hall–Kier alpha value is -1.42. The molecular formula is C16H23FN2O. The Kier molecular flexibility index (Phi) is 4.76. The van der Waals surface area contributed by atoms with Gasteiger partial charge in [-0.2, -0.15) is 0 Å². The third kappa shape index (κ3) is 4.04. The van der Waals surface area contributed by atoms with Crippen LogP contribution in [0, 0.1) is 17.7 Å². The van der Waals surface area contributed by atoms with Crippen LogP contribution in [0.4, 0.5) is 4.39 Å². The molecule has 1 aliphatic carbocycles. The first-order valence-electron chi connectivity index (χ1n) is 7.27.